The van der Waals surface area contributed by atoms with Gasteiger partial charge in [0.25, 0.3) is 7.82 Å². The van der Waals surface area contributed by atoms with Crippen LogP contribution in [0.5, 0.6) is 0 Å². The van der Waals surface area contributed by atoms with Crippen LogP contribution < -0.4 is 10.2 Å². The number of Topliss-reactive ketones (excluding diaryl/α,β-unsaturated/α-hetero) is 1. The van der Waals surface area contributed by atoms with Crippen LogP contribution in [0.1, 0.15) is 155 Å². The van der Waals surface area contributed by atoms with E-state index in [1.807, 2.05) is 39.4 Å². The van der Waals surface area contributed by atoms with Gasteiger partial charge in [-0.2, -0.15) is 0 Å². The Morgan fingerprint density at radius 2 is 1.45 bits per heavy atom. The number of amides is 1. The van der Waals surface area contributed by atoms with E-state index >= 15 is 0 Å². The smallest absolute Gasteiger partial charge is 0.268 e. The summed E-state index contributed by atoms with van der Waals surface area (Å²) in [5, 5.41) is 34.4. The first-order valence-electron chi connectivity index (χ1n) is 22.0. The fraction of sp³-hybridized carbons (Fsp3) is 0.818. The molecule has 0 aromatic rings. The maximum Gasteiger partial charge on any atom is 0.268 e. The van der Waals surface area contributed by atoms with Crippen molar-refractivity contribution < 1.29 is 47.9 Å². The Labute approximate surface area is 340 Å². The number of hydrogen-bond donors (Lipinski definition) is 4. The van der Waals surface area contributed by atoms with Gasteiger partial charge in [0.1, 0.15) is 18.9 Å². The molecule has 326 valence electrons. The van der Waals surface area contributed by atoms with E-state index in [9.17, 15) is 34.4 Å². The summed E-state index contributed by atoms with van der Waals surface area (Å²) in [6.07, 6.45) is 29.7. The van der Waals surface area contributed by atoms with Crippen LogP contribution in [0.3, 0.4) is 0 Å². The van der Waals surface area contributed by atoms with Crippen molar-refractivity contribution in [2.24, 2.45) is 11.8 Å². The molecule has 1 aliphatic carbocycles. The van der Waals surface area contributed by atoms with Crippen LogP contribution in [0.4, 0.5) is 0 Å². The molecule has 0 aromatic carbocycles. The predicted molar refractivity (Wildman–Crippen MR) is 225 cm³/mol. The second-order valence-corrected chi connectivity index (χ2v) is 18.2. The van der Waals surface area contributed by atoms with Gasteiger partial charge in [-0.25, -0.2) is 0 Å². The van der Waals surface area contributed by atoms with Gasteiger partial charge in [0, 0.05) is 24.7 Å². The summed E-state index contributed by atoms with van der Waals surface area (Å²) in [5.41, 5.74) is 0. The van der Waals surface area contributed by atoms with Gasteiger partial charge >= 0.3 is 0 Å². The zero-order valence-corrected chi connectivity index (χ0v) is 36.7. The lowest BCUT2D eigenvalue weighted by Gasteiger charge is -2.29. The number of carbonyl (C=O) groups is 2. The number of nitrogens with zero attached hydrogens (tertiary/aromatic N) is 1. The SMILES string of the molecule is CCCCCCCCCCCCCC/C=C/[C@@H](O)[C@H](COP(=O)([O-])OCC[N+](C)(C)C)NC(=O)CCC/C=C\C[C@H]1C(=O)C[C@@H](O)[C@@H]1/C=C/[C@@H](O)CCCCC. The summed E-state index contributed by atoms with van der Waals surface area (Å²) >= 11 is 0. The number of allylic oxidation sites excluding steroid dienone is 3. The number of likely N-dealkylation sites (N-methyl/N-ethyl adjacent to an activating group) is 1. The molecule has 4 N–H and O–H groups in total. The Morgan fingerprint density at radius 3 is 2.07 bits per heavy atom. The lowest BCUT2D eigenvalue weighted by molar-refractivity contribution is -0.870. The number of hydrogen-bond acceptors (Lipinski definition) is 9. The van der Waals surface area contributed by atoms with Crippen LogP contribution in [0.25, 0.3) is 0 Å². The molecule has 0 spiro atoms. The zero-order chi connectivity index (χ0) is 41.7. The number of rotatable bonds is 35. The molecular formula is C44H81N2O9P. The number of quaternary nitrogens is 1. The Balaban J connectivity index is 2.59. The predicted octanol–water partition coefficient (Wildman–Crippen LogP) is 7.87. The Hall–Kier alpha value is -1.69. The third-order valence-corrected chi connectivity index (χ3v) is 11.4. The molecule has 1 amide bonds. The third-order valence-electron chi connectivity index (χ3n) is 10.5. The van der Waals surface area contributed by atoms with E-state index in [2.05, 4.69) is 19.2 Å². The number of nitrogens with one attached hydrogen (secondary N) is 1. The topological polar surface area (TPSA) is 165 Å². The Bertz CT molecular complexity index is 1170. The van der Waals surface area contributed by atoms with Gasteiger partial charge in [0.2, 0.25) is 5.91 Å². The highest BCUT2D eigenvalue weighted by Crippen LogP contribution is 2.38. The van der Waals surface area contributed by atoms with E-state index < -0.39 is 38.8 Å². The summed E-state index contributed by atoms with van der Waals surface area (Å²) in [7, 11) is 1.09. The van der Waals surface area contributed by atoms with E-state index in [1.54, 1.807) is 18.2 Å². The number of phosphoric acid groups is 1. The molecule has 1 aliphatic rings. The molecule has 0 heterocycles. The van der Waals surface area contributed by atoms with Gasteiger partial charge in [0.15, 0.2) is 0 Å². The van der Waals surface area contributed by atoms with Crippen molar-refractivity contribution in [2.75, 3.05) is 40.9 Å². The number of carbonyl (C=O) groups excluding carboxylic acids is 2. The van der Waals surface area contributed by atoms with Gasteiger partial charge in [-0.05, 0) is 38.5 Å². The van der Waals surface area contributed by atoms with Crippen LogP contribution in [-0.4, -0.2) is 96.7 Å². The number of unbranched alkanes of at least 4 members (excludes halogenated alkanes) is 15. The first kappa shape index (κ1) is 52.3. The normalized spacial score (nSPS) is 20.7. The van der Waals surface area contributed by atoms with Crippen molar-refractivity contribution in [3.63, 3.8) is 0 Å². The summed E-state index contributed by atoms with van der Waals surface area (Å²) in [4.78, 5) is 38.0. The molecule has 56 heavy (non-hydrogen) atoms. The molecule has 7 atom stereocenters. The monoisotopic (exact) mass is 813 g/mol. The van der Waals surface area contributed by atoms with Crippen LogP contribution in [0.2, 0.25) is 0 Å². The molecule has 1 unspecified atom stereocenters. The second kappa shape index (κ2) is 31.3. The quantitative estimate of drug-likeness (QED) is 0.0216. The fourth-order valence-electron chi connectivity index (χ4n) is 6.84. The maximum atomic E-state index is 12.9. The molecule has 11 nitrogen and oxygen atoms in total. The van der Waals surface area contributed by atoms with Crippen LogP contribution in [-0.2, 0) is 23.2 Å². The van der Waals surface area contributed by atoms with Gasteiger partial charge in [-0.1, -0.05) is 140 Å². The fourth-order valence-corrected chi connectivity index (χ4v) is 7.56. The zero-order valence-electron chi connectivity index (χ0n) is 35.8. The minimum absolute atomic E-state index is 0.00741. The molecule has 1 saturated carbocycles. The lowest BCUT2D eigenvalue weighted by atomic mass is 9.90. The molecule has 0 aromatic heterocycles. The van der Waals surface area contributed by atoms with E-state index in [0.29, 0.717) is 36.7 Å². The average molecular weight is 813 g/mol. The molecule has 0 bridgehead atoms. The molecular weight excluding hydrogens is 731 g/mol. The second-order valence-electron chi connectivity index (χ2n) is 16.8. The highest BCUT2D eigenvalue weighted by molar-refractivity contribution is 7.45. The molecule has 0 radical (unpaired) electrons. The van der Waals surface area contributed by atoms with Crippen molar-refractivity contribution in [1.29, 1.82) is 0 Å². The summed E-state index contributed by atoms with van der Waals surface area (Å²) < 4.78 is 23.1. The standard InChI is InChI=1S/C44H81N2O9P/c1-6-8-10-11-12-13-14-15-16-17-18-19-20-25-29-41(48)40(36-55-56(52,53)54-34-33-46(3,4)5)45-44(51)30-26-22-21-24-28-38-39(43(50)35-42(38)49)32-31-37(47)27-23-9-7-2/h21,24-25,29,31-32,37-41,43,47-48,50H,6-20,22-23,26-28,30,33-36H2,1-5H3,(H-,45,51,52,53)/b24-21-,29-25+,32-31+/t37-,38+,39+,40-,41+,43+/m0/s1. The minimum Gasteiger partial charge on any atom is -0.756 e. The first-order chi connectivity index (χ1) is 26.7. The summed E-state index contributed by atoms with van der Waals surface area (Å²) in [6.45, 7) is 4.29. The van der Waals surface area contributed by atoms with Gasteiger partial charge in [-0.15, -0.1) is 0 Å². The molecule has 0 aliphatic heterocycles. The summed E-state index contributed by atoms with van der Waals surface area (Å²) in [5.74, 6) is -1.03. The van der Waals surface area contributed by atoms with Crippen LogP contribution in [0.15, 0.2) is 36.5 Å². The third kappa shape index (κ3) is 27.1. The number of aliphatic hydroxyl groups is 3. The van der Waals surface area contributed by atoms with E-state index in [1.165, 1.54) is 64.2 Å². The van der Waals surface area contributed by atoms with Crippen molar-refractivity contribution in [3.8, 4) is 0 Å². The molecule has 1 fully saturated rings. The Morgan fingerprint density at radius 1 is 0.857 bits per heavy atom. The number of phosphoric ester groups is 1. The lowest BCUT2D eigenvalue weighted by Crippen LogP contribution is -2.45. The van der Waals surface area contributed by atoms with Crippen molar-refractivity contribution in [1.82, 2.24) is 5.32 Å². The van der Waals surface area contributed by atoms with E-state index in [4.69, 9.17) is 9.05 Å². The Kier molecular flexibility index (Phi) is 29.2. The van der Waals surface area contributed by atoms with Gasteiger partial charge in [-0.3, -0.25) is 14.2 Å². The highest BCUT2D eigenvalue weighted by atomic mass is 31.2. The van der Waals surface area contributed by atoms with Crippen molar-refractivity contribution >= 4 is 19.5 Å². The average Bonchev–Trinajstić information content (AvgIpc) is 3.40. The van der Waals surface area contributed by atoms with Crippen LogP contribution in [0, 0.1) is 11.8 Å². The van der Waals surface area contributed by atoms with Gasteiger partial charge < -0.3 is 39.1 Å². The molecule has 0 saturated heterocycles. The maximum absolute atomic E-state index is 12.9. The molecule has 1 rings (SSSR count). The van der Waals surface area contributed by atoms with E-state index in [0.717, 1.165) is 38.5 Å². The minimum atomic E-state index is -4.66. The van der Waals surface area contributed by atoms with Crippen molar-refractivity contribution in [2.45, 2.75) is 179 Å². The summed E-state index contributed by atoms with van der Waals surface area (Å²) in [6, 6.07) is -0.990. The van der Waals surface area contributed by atoms with E-state index in [-0.39, 0.29) is 43.0 Å². The first-order valence-corrected chi connectivity index (χ1v) is 23.4. The largest absolute Gasteiger partial charge is 0.756 e. The van der Waals surface area contributed by atoms with Crippen molar-refractivity contribution in [3.05, 3.63) is 36.5 Å². The molecule has 12 heteroatoms. The number of ketones is 1. The van der Waals surface area contributed by atoms with Gasteiger partial charge in [0.05, 0.1) is 52.1 Å². The van der Waals surface area contributed by atoms with Crippen LogP contribution >= 0.6 is 7.82 Å². The highest BCUT2D eigenvalue weighted by Gasteiger charge is 2.39. The number of aliphatic hydroxyl groups excluding tert-OH is 3.